The quantitative estimate of drug-likeness (QED) is 0.733. The van der Waals surface area contributed by atoms with Crippen LogP contribution in [0.1, 0.15) is 19.3 Å². The molecular formula is C13H14ClN. The minimum atomic E-state index is 0.822. The van der Waals surface area contributed by atoms with Gasteiger partial charge in [0.05, 0.1) is 0 Å². The Balaban J connectivity index is 1.89. The molecule has 0 amide bonds. The molecule has 15 heavy (non-hydrogen) atoms. The zero-order valence-corrected chi connectivity index (χ0v) is 9.37. The first-order valence-electron chi connectivity index (χ1n) is 5.57. The molecule has 1 aliphatic rings. The van der Waals surface area contributed by atoms with Crippen LogP contribution in [-0.2, 0) is 6.54 Å². The van der Waals surface area contributed by atoms with Crippen molar-refractivity contribution in [3.05, 3.63) is 35.5 Å². The second kappa shape index (κ2) is 3.57. The molecule has 1 heterocycles. The first-order chi connectivity index (χ1) is 7.33. The first-order valence-corrected chi connectivity index (χ1v) is 5.95. The first kappa shape index (κ1) is 9.29. The van der Waals surface area contributed by atoms with Crippen molar-refractivity contribution >= 4 is 22.5 Å². The second-order valence-corrected chi connectivity index (χ2v) is 4.88. The van der Waals surface area contributed by atoms with E-state index in [1.165, 1.54) is 30.2 Å². The van der Waals surface area contributed by atoms with Gasteiger partial charge < -0.3 is 4.57 Å². The van der Waals surface area contributed by atoms with Crippen LogP contribution in [0.25, 0.3) is 10.9 Å². The van der Waals surface area contributed by atoms with Gasteiger partial charge in [-0.2, -0.15) is 0 Å². The van der Waals surface area contributed by atoms with Crippen LogP contribution in [0.2, 0.25) is 5.02 Å². The molecule has 1 aromatic heterocycles. The highest BCUT2D eigenvalue weighted by Crippen LogP contribution is 2.33. The highest BCUT2D eigenvalue weighted by Gasteiger charge is 2.20. The van der Waals surface area contributed by atoms with E-state index in [4.69, 9.17) is 11.6 Å². The number of fused-ring (bicyclic) bond motifs is 1. The molecule has 78 valence electrons. The topological polar surface area (TPSA) is 4.93 Å². The lowest BCUT2D eigenvalue weighted by Crippen LogP contribution is -1.96. The number of aromatic nitrogens is 1. The van der Waals surface area contributed by atoms with Crippen molar-refractivity contribution in [3.63, 3.8) is 0 Å². The smallest absolute Gasteiger partial charge is 0.0481 e. The predicted octanol–water partition coefficient (Wildman–Crippen LogP) is 4.09. The van der Waals surface area contributed by atoms with Crippen molar-refractivity contribution in [2.45, 2.75) is 25.8 Å². The van der Waals surface area contributed by atoms with Crippen LogP contribution in [0.5, 0.6) is 0 Å². The van der Waals surface area contributed by atoms with Crippen molar-refractivity contribution in [2.75, 3.05) is 0 Å². The number of benzene rings is 1. The third kappa shape index (κ3) is 1.89. The average Bonchev–Trinajstić information content (AvgIpc) is 2.97. The van der Waals surface area contributed by atoms with E-state index in [-0.39, 0.29) is 0 Å². The number of nitrogens with zero attached hydrogens (tertiary/aromatic N) is 1. The summed E-state index contributed by atoms with van der Waals surface area (Å²) in [5.74, 6) is 0.995. The van der Waals surface area contributed by atoms with Crippen molar-refractivity contribution < 1.29 is 0 Å². The third-order valence-electron chi connectivity index (χ3n) is 3.21. The fourth-order valence-corrected chi connectivity index (χ4v) is 2.27. The fraction of sp³-hybridized carbons (Fsp3) is 0.385. The van der Waals surface area contributed by atoms with Gasteiger partial charge in [0.15, 0.2) is 0 Å². The van der Waals surface area contributed by atoms with Gasteiger partial charge in [-0.15, -0.1) is 0 Å². The van der Waals surface area contributed by atoms with E-state index < -0.39 is 0 Å². The highest BCUT2D eigenvalue weighted by molar-refractivity contribution is 6.31. The molecule has 0 spiro atoms. The standard InChI is InChI=1S/C13H14ClN/c14-12-3-4-13-11(9-12)6-8-15(13)7-5-10-1-2-10/h3-4,6,8-10H,1-2,5,7H2. The summed E-state index contributed by atoms with van der Waals surface area (Å²) in [7, 11) is 0. The molecular weight excluding hydrogens is 206 g/mol. The molecule has 0 aliphatic heterocycles. The van der Waals surface area contributed by atoms with Crippen molar-refractivity contribution in [1.29, 1.82) is 0 Å². The maximum atomic E-state index is 5.96. The zero-order chi connectivity index (χ0) is 10.3. The summed E-state index contributed by atoms with van der Waals surface area (Å²) in [5.41, 5.74) is 1.31. The van der Waals surface area contributed by atoms with E-state index in [9.17, 15) is 0 Å². The lowest BCUT2D eigenvalue weighted by Gasteiger charge is -2.04. The van der Waals surface area contributed by atoms with E-state index in [1.54, 1.807) is 0 Å². The number of halogens is 1. The van der Waals surface area contributed by atoms with E-state index in [1.807, 2.05) is 12.1 Å². The van der Waals surface area contributed by atoms with Crippen LogP contribution in [0, 0.1) is 5.92 Å². The molecule has 0 saturated heterocycles. The SMILES string of the molecule is Clc1ccc2c(ccn2CCC2CC2)c1. The molecule has 2 aromatic rings. The molecule has 0 N–H and O–H groups in total. The Morgan fingerprint density at radius 2 is 2.13 bits per heavy atom. The molecule has 0 atom stereocenters. The summed E-state index contributed by atoms with van der Waals surface area (Å²) in [6.45, 7) is 1.15. The Morgan fingerprint density at radius 1 is 1.27 bits per heavy atom. The number of hydrogen-bond acceptors (Lipinski definition) is 0. The number of aryl methyl sites for hydroxylation is 1. The molecule has 0 radical (unpaired) electrons. The second-order valence-electron chi connectivity index (χ2n) is 4.44. The molecule has 3 rings (SSSR count). The minimum Gasteiger partial charge on any atom is -0.347 e. The monoisotopic (exact) mass is 219 g/mol. The van der Waals surface area contributed by atoms with Gasteiger partial charge >= 0.3 is 0 Å². The lowest BCUT2D eigenvalue weighted by atomic mass is 10.2. The fourth-order valence-electron chi connectivity index (χ4n) is 2.09. The minimum absolute atomic E-state index is 0.822. The molecule has 1 nitrogen and oxygen atoms in total. The van der Waals surface area contributed by atoms with E-state index >= 15 is 0 Å². The van der Waals surface area contributed by atoms with Gasteiger partial charge in [-0.1, -0.05) is 24.4 Å². The van der Waals surface area contributed by atoms with Gasteiger partial charge in [0.1, 0.15) is 0 Å². The molecule has 2 heteroatoms. The highest BCUT2D eigenvalue weighted by atomic mass is 35.5. The van der Waals surface area contributed by atoms with Gasteiger partial charge in [0.25, 0.3) is 0 Å². The Labute approximate surface area is 94.7 Å². The Bertz CT molecular complexity index is 482. The number of hydrogen-bond donors (Lipinski definition) is 0. The van der Waals surface area contributed by atoms with E-state index in [0.717, 1.165) is 17.5 Å². The predicted molar refractivity (Wildman–Crippen MR) is 64.3 cm³/mol. The summed E-state index contributed by atoms with van der Waals surface area (Å²) >= 11 is 5.96. The maximum Gasteiger partial charge on any atom is 0.0481 e. The Morgan fingerprint density at radius 3 is 2.93 bits per heavy atom. The molecule has 1 fully saturated rings. The van der Waals surface area contributed by atoms with Gasteiger partial charge in [-0.25, -0.2) is 0 Å². The number of rotatable bonds is 3. The molecule has 1 saturated carbocycles. The van der Waals surface area contributed by atoms with E-state index in [0.29, 0.717) is 0 Å². The lowest BCUT2D eigenvalue weighted by molar-refractivity contribution is 0.611. The van der Waals surface area contributed by atoms with Gasteiger partial charge in [-0.3, -0.25) is 0 Å². The largest absolute Gasteiger partial charge is 0.347 e. The third-order valence-corrected chi connectivity index (χ3v) is 3.44. The van der Waals surface area contributed by atoms with Crippen molar-refractivity contribution in [3.8, 4) is 0 Å². The van der Waals surface area contributed by atoms with Gasteiger partial charge in [0, 0.05) is 28.7 Å². The van der Waals surface area contributed by atoms with Crippen molar-refractivity contribution in [2.24, 2.45) is 5.92 Å². The Hall–Kier alpha value is -0.950. The van der Waals surface area contributed by atoms with Crippen LogP contribution in [0.15, 0.2) is 30.5 Å². The average molecular weight is 220 g/mol. The molecule has 0 bridgehead atoms. The Kier molecular flexibility index (Phi) is 2.21. The summed E-state index contributed by atoms with van der Waals surface area (Å²) in [6.07, 6.45) is 6.37. The summed E-state index contributed by atoms with van der Waals surface area (Å²) in [4.78, 5) is 0. The zero-order valence-electron chi connectivity index (χ0n) is 8.62. The molecule has 1 aromatic carbocycles. The summed E-state index contributed by atoms with van der Waals surface area (Å²) in [6, 6.07) is 8.26. The molecule has 1 aliphatic carbocycles. The van der Waals surface area contributed by atoms with Crippen LogP contribution in [0.3, 0.4) is 0 Å². The van der Waals surface area contributed by atoms with Crippen LogP contribution in [-0.4, -0.2) is 4.57 Å². The van der Waals surface area contributed by atoms with Crippen LogP contribution < -0.4 is 0 Å². The normalized spacial score (nSPS) is 16.1. The van der Waals surface area contributed by atoms with Gasteiger partial charge in [0.2, 0.25) is 0 Å². The maximum absolute atomic E-state index is 5.96. The molecule has 0 unspecified atom stereocenters. The van der Waals surface area contributed by atoms with Crippen LogP contribution in [0.4, 0.5) is 0 Å². The van der Waals surface area contributed by atoms with E-state index in [2.05, 4.69) is 22.9 Å². The van der Waals surface area contributed by atoms with Crippen molar-refractivity contribution in [1.82, 2.24) is 4.57 Å². The van der Waals surface area contributed by atoms with Gasteiger partial charge in [-0.05, 0) is 36.6 Å². The summed E-state index contributed by atoms with van der Waals surface area (Å²) in [5, 5.41) is 2.07. The van der Waals surface area contributed by atoms with Crippen LogP contribution >= 0.6 is 11.6 Å². The summed E-state index contributed by atoms with van der Waals surface area (Å²) < 4.78 is 2.34.